The van der Waals surface area contributed by atoms with Gasteiger partial charge in [0.1, 0.15) is 5.75 Å². The Kier molecular flexibility index (Phi) is 8.05. The van der Waals surface area contributed by atoms with Crippen LogP contribution in [-0.2, 0) is 21.4 Å². The number of halogens is 1. The van der Waals surface area contributed by atoms with Gasteiger partial charge >= 0.3 is 0 Å². The standard InChI is InChI=1S/C22H34BrN3O4S/c1-16(14-17-4-5-21(27)20(23)15-17)22(28)25-10-6-18(7-11-25)19-8-12-26(13-9-19)31(29,30)24(2)3/h4-5,15-16,18-19,27H,6-14H2,1-3H3/t16-/m1/s1. The van der Waals surface area contributed by atoms with E-state index in [4.69, 9.17) is 0 Å². The number of aromatic hydroxyl groups is 1. The largest absolute Gasteiger partial charge is 0.507 e. The van der Waals surface area contributed by atoms with E-state index in [2.05, 4.69) is 15.9 Å². The van der Waals surface area contributed by atoms with Gasteiger partial charge in [-0.3, -0.25) is 4.79 Å². The number of carbonyl (C=O) groups is 1. The minimum atomic E-state index is -3.32. The third-order valence-electron chi connectivity index (χ3n) is 6.78. The van der Waals surface area contributed by atoms with Crippen LogP contribution in [0.4, 0.5) is 0 Å². The number of phenols is 1. The first-order chi connectivity index (χ1) is 14.6. The molecule has 2 fully saturated rings. The molecule has 2 heterocycles. The molecule has 0 aliphatic carbocycles. The van der Waals surface area contributed by atoms with Gasteiger partial charge in [-0.25, -0.2) is 0 Å². The second kappa shape index (κ2) is 10.2. The molecule has 2 saturated heterocycles. The zero-order valence-corrected chi connectivity index (χ0v) is 21.0. The van der Waals surface area contributed by atoms with Crippen LogP contribution < -0.4 is 0 Å². The number of nitrogens with zero attached hydrogens (tertiary/aromatic N) is 3. The Morgan fingerprint density at radius 1 is 1.13 bits per heavy atom. The highest BCUT2D eigenvalue weighted by molar-refractivity contribution is 9.10. The van der Waals surface area contributed by atoms with Crippen LogP contribution in [0.1, 0.15) is 38.2 Å². The van der Waals surface area contributed by atoms with Crippen molar-refractivity contribution in [2.24, 2.45) is 17.8 Å². The van der Waals surface area contributed by atoms with Gasteiger partial charge < -0.3 is 10.0 Å². The average molecular weight is 517 g/mol. The molecule has 174 valence electrons. The number of likely N-dealkylation sites (tertiary alicyclic amines) is 1. The van der Waals surface area contributed by atoms with Gasteiger partial charge in [0.15, 0.2) is 0 Å². The Hall–Kier alpha value is -1.16. The monoisotopic (exact) mass is 515 g/mol. The fourth-order valence-corrected chi connectivity index (χ4v) is 6.39. The van der Waals surface area contributed by atoms with Crippen molar-refractivity contribution in [3.63, 3.8) is 0 Å². The van der Waals surface area contributed by atoms with Crippen LogP contribution >= 0.6 is 15.9 Å². The fourth-order valence-electron chi connectivity index (χ4n) is 4.83. The van der Waals surface area contributed by atoms with Crippen LogP contribution in [0.5, 0.6) is 5.75 Å². The Morgan fingerprint density at radius 2 is 1.68 bits per heavy atom. The van der Waals surface area contributed by atoms with Gasteiger partial charge in [-0.05, 0) is 77.6 Å². The number of hydrogen-bond donors (Lipinski definition) is 1. The van der Waals surface area contributed by atoms with Crippen molar-refractivity contribution < 1.29 is 18.3 Å². The van der Waals surface area contributed by atoms with E-state index in [1.165, 1.54) is 4.31 Å². The maximum atomic E-state index is 12.9. The quantitative estimate of drug-likeness (QED) is 0.630. The minimum absolute atomic E-state index is 0.104. The molecule has 1 amide bonds. The summed E-state index contributed by atoms with van der Waals surface area (Å²) in [5.74, 6) is 1.39. The number of amides is 1. The number of benzene rings is 1. The minimum Gasteiger partial charge on any atom is -0.507 e. The van der Waals surface area contributed by atoms with Gasteiger partial charge in [-0.2, -0.15) is 17.0 Å². The van der Waals surface area contributed by atoms with E-state index in [-0.39, 0.29) is 17.6 Å². The lowest BCUT2D eigenvalue weighted by Gasteiger charge is -2.40. The van der Waals surface area contributed by atoms with Crippen LogP contribution in [-0.4, -0.2) is 73.2 Å². The smallest absolute Gasteiger partial charge is 0.281 e. The molecular weight excluding hydrogens is 482 g/mol. The van der Waals surface area contributed by atoms with Gasteiger partial charge in [-0.15, -0.1) is 0 Å². The molecule has 31 heavy (non-hydrogen) atoms. The van der Waals surface area contributed by atoms with Crippen molar-refractivity contribution in [3.05, 3.63) is 28.2 Å². The highest BCUT2D eigenvalue weighted by atomic mass is 79.9. The number of piperidine rings is 2. The summed E-state index contributed by atoms with van der Waals surface area (Å²) >= 11 is 3.33. The molecule has 0 radical (unpaired) electrons. The number of phenolic OH excluding ortho intramolecular Hbond substituents is 1. The van der Waals surface area contributed by atoms with E-state index in [1.54, 1.807) is 24.5 Å². The maximum Gasteiger partial charge on any atom is 0.281 e. The van der Waals surface area contributed by atoms with Crippen molar-refractivity contribution in [3.8, 4) is 5.75 Å². The topological polar surface area (TPSA) is 81.2 Å². The van der Waals surface area contributed by atoms with E-state index in [1.807, 2.05) is 24.0 Å². The molecule has 1 atom stereocenters. The summed E-state index contributed by atoms with van der Waals surface area (Å²) in [7, 11) is -0.160. The van der Waals surface area contributed by atoms with Gasteiger partial charge in [0, 0.05) is 46.2 Å². The zero-order valence-electron chi connectivity index (χ0n) is 18.6. The van der Waals surface area contributed by atoms with E-state index < -0.39 is 10.2 Å². The molecule has 1 aromatic carbocycles. The Morgan fingerprint density at radius 3 is 2.19 bits per heavy atom. The molecule has 2 aliphatic rings. The highest BCUT2D eigenvalue weighted by Crippen LogP contribution is 2.34. The van der Waals surface area contributed by atoms with Gasteiger partial charge in [-0.1, -0.05) is 13.0 Å². The molecule has 1 aromatic rings. The number of rotatable bonds is 6. The second-order valence-corrected chi connectivity index (χ2v) is 12.1. The SMILES string of the molecule is C[C@H](Cc1ccc(O)c(Br)c1)C(=O)N1CCC(C2CCN(S(=O)(=O)N(C)C)CC2)CC1. The molecule has 3 rings (SSSR count). The van der Waals surface area contributed by atoms with Crippen molar-refractivity contribution >= 4 is 32.0 Å². The predicted octanol–water partition coefficient (Wildman–Crippen LogP) is 3.09. The van der Waals surface area contributed by atoms with Crippen molar-refractivity contribution in [2.45, 2.75) is 39.0 Å². The van der Waals surface area contributed by atoms with Crippen molar-refractivity contribution in [1.29, 1.82) is 0 Å². The van der Waals surface area contributed by atoms with Gasteiger partial charge in [0.25, 0.3) is 10.2 Å². The molecule has 9 heteroatoms. The summed E-state index contributed by atoms with van der Waals surface area (Å²) < 4.78 is 28.1. The van der Waals surface area contributed by atoms with Crippen molar-refractivity contribution in [1.82, 2.24) is 13.5 Å². The lowest BCUT2D eigenvalue weighted by atomic mass is 9.79. The second-order valence-electron chi connectivity index (χ2n) is 9.08. The summed E-state index contributed by atoms with van der Waals surface area (Å²) in [5.41, 5.74) is 1.03. The lowest BCUT2D eigenvalue weighted by Crippen LogP contribution is -2.47. The third kappa shape index (κ3) is 5.80. The molecule has 0 saturated carbocycles. The Labute approximate surface area is 194 Å². The number of hydrogen-bond acceptors (Lipinski definition) is 4. The summed E-state index contributed by atoms with van der Waals surface area (Å²) in [6.07, 6.45) is 4.44. The maximum absolute atomic E-state index is 12.9. The summed E-state index contributed by atoms with van der Waals surface area (Å²) in [6, 6.07) is 5.38. The van der Waals surface area contributed by atoms with Crippen molar-refractivity contribution in [2.75, 3.05) is 40.3 Å². The van der Waals surface area contributed by atoms with Crippen LogP contribution in [0.2, 0.25) is 0 Å². The summed E-state index contributed by atoms with van der Waals surface area (Å²) in [4.78, 5) is 14.9. The predicted molar refractivity (Wildman–Crippen MR) is 125 cm³/mol. The van der Waals surface area contributed by atoms with E-state index in [0.29, 0.717) is 35.8 Å². The molecule has 0 aromatic heterocycles. The Bertz CT molecular complexity index is 877. The van der Waals surface area contributed by atoms with Gasteiger partial charge in [0.2, 0.25) is 5.91 Å². The molecule has 7 nitrogen and oxygen atoms in total. The van der Waals surface area contributed by atoms with E-state index in [9.17, 15) is 18.3 Å². The fraction of sp³-hybridized carbons (Fsp3) is 0.682. The first-order valence-corrected chi connectivity index (χ1v) is 13.2. The molecule has 2 aliphatic heterocycles. The average Bonchev–Trinajstić information content (AvgIpc) is 2.76. The van der Waals surface area contributed by atoms with Crippen LogP contribution in [0, 0.1) is 17.8 Å². The van der Waals surface area contributed by atoms with E-state index >= 15 is 0 Å². The first kappa shape index (κ1) is 24.5. The van der Waals surface area contributed by atoms with Crippen LogP contribution in [0.3, 0.4) is 0 Å². The Balaban J connectivity index is 1.47. The molecule has 0 spiro atoms. The molecule has 0 unspecified atom stereocenters. The third-order valence-corrected chi connectivity index (χ3v) is 9.36. The molecule has 1 N–H and O–H groups in total. The molecule has 0 bridgehead atoms. The van der Waals surface area contributed by atoms with Crippen LogP contribution in [0.25, 0.3) is 0 Å². The first-order valence-electron chi connectivity index (χ1n) is 11.0. The van der Waals surface area contributed by atoms with E-state index in [0.717, 1.165) is 44.3 Å². The van der Waals surface area contributed by atoms with Crippen LogP contribution in [0.15, 0.2) is 22.7 Å². The highest BCUT2D eigenvalue weighted by Gasteiger charge is 2.35. The summed E-state index contributed by atoms with van der Waals surface area (Å²) in [6.45, 7) is 4.70. The zero-order chi connectivity index (χ0) is 22.8. The van der Waals surface area contributed by atoms with Gasteiger partial charge in [0.05, 0.1) is 4.47 Å². The summed E-state index contributed by atoms with van der Waals surface area (Å²) in [5, 5.41) is 9.65. The normalized spacial score (nSPS) is 20.9. The number of carbonyl (C=O) groups excluding carboxylic acids is 1. The lowest BCUT2D eigenvalue weighted by molar-refractivity contribution is -0.136. The molecular formula is C22H34BrN3O4S.